The van der Waals surface area contributed by atoms with Crippen molar-refractivity contribution in [3.63, 3.8) is 0 Å². The van der Waals surface area contributed by atoms with Crippen LogP contribution in [-0.4, -0.2) is 13.9 Å². The van der Waals surface area contributed by atoms with Crippen LogP contribution in [0.5, 0.6) is 0 Å². The van der Waals surface area contributed by atoms with Crippen LogP contribution in [-0.2, 0) is 9.47 Å². The van der Waals surface area contributed by atoms with Gasteiger partial charge in [0.05, 0.1) is 12.3 Å². The van der Waals surface area contributed by atoms with E-state index in [0.717, 1.165) is 5.69 Å². The van der Waals surface area contributed by atoms with Crippen LogP contribution in [0.4, 0.5) is 5.69 Å². The van der Waals surface area contributed by atoms with Gasteiger partial charge >= 0.3 is 0 Å². The Kier molecular flexibility index (Phi) is 6.52. The first kappa shape index (κ1) is 16.1. The highest BCUT2D eigenvalue weighted by Gasteiger charge is 2.17. The largest absolute Gasteiger partial charge is 0.475 e. The Morgan fingerprint density at radius 2 is 1.64 bits per heavy atom. The normalized spacial score (nSPS) is 13.7. The zero-order valence-corrected chi connectivity index (χ0v) is 13.1. The van der Waals surface area contributed by atoms with Gasteiger partial charge in [0, 0.05) is 18.7 Å². The standard InChI is InChI=1S/C19H23NO2/c1-16(13-14-22-15-21-2)19(17-9-5-3-6-10-17)20-18-11-7-4-8-12-18/h3-14,16,19-20H,15H2,1-2H3/b14-13+. The van der Waals surface area contributed by atoms with Crippen LogP contribution in [0, 0.1) is 5.92 Å². The number of nitrogens with one attached hydrogen (secondary N) is 1. The summed E-state index contributed by atoms with van der Waals surface area (Å²) in [6.45, 7) is 2.44. The average Bonchev–Trinajstić information content (AvgIpc) is 2.58. The Bertz CT molecular complexity index is 554. The fourth-order valence-corrected chi connectivity index (χ4v) is 2.29. The van der Waals surface area contributed by atoms with Gasteiger partial charge < -0.3 is 14.8 Å². The minimum Gasteiger partial charge on any atom is -0.475 e. The van der Waals surface area contributed by atoms with E-state index >= 15 is 0 Å². The molecule has 0 spiro atoms. The first-order valence-electron chi connectivity index (χ1n) is 7.45. The SMILES string of the molecule is COCO/C=C/C(C)C(Nc1ccccc1)c1ccccc1. The Balaban J connectivity index is 2.13. The highest BCUT2D eigenvalue weighted by molar-refractivity contribution is 5.45. The van der Waals surface area contributed by atoms with Gasteiger partial charge in [0.1, 0.15) is 0 Å². The molecule has 3 heteroatoms. The second-order valence-corrected chi connectivity index (χ2v) is 5.16. The molecule has 0 radical (unpaired) electrons. The molecule has 2 rings (SSSR count). The maximum atomic E-state index is 5.26. The van der Waals surface area contributed by atoms with Crippen LogP contribution in [0.25, 0.3) is 0 Å². The molecule has 0 aromatic heterocycles. The molecule has 22 heavy (non-hydrogen) atoms. The maximum absolute atomic E-state index is 5.26. The van der Waals surface area contributed by atoms with Crippen LogP contribution in [0.2, 0.25) is 0 Å². The molecular formula is C19H23NO2. The maximum Gasteiger partial charge on any atom is 0.187 e. The topological polar surface area (TPSA) is 30.5 Å². The van der Waals surface area contributed by atoms with E-state index in [1.165, 1.54) is 5.56 Å². The summed E-state index contributed by atoms with van der Waals surface area (Å²) < 4.78 is 10.1. The lowest BCUT2D eigenvalue weighted by molar-refractivity contribution is 0.0193. The minimum absolute atomic E-state index is 0.172. The smallest absolute Gasteiger partial charge is 0.187 e. The van der Waals surface area contributed by atoms with E-state index in [-0.39, 0.29) is 18.8 Å². The van der Waals surface area contributed by atoms with Crippen molar-refractivity contribution in [1.29, 1.82) is 0 Å². The quantitative estimate of drug-likeness (QED) is 0.438. The van der Waals surface area contributed by atoms with E-state index in [2.05, 4.69) is 48.6 Å². The van der Waals surface area contributed by atoms with Gasteiger partial charge in [0.15, 0.2) is 6.79 Å². The van der Waals surface area contributed by atoms with Gasteiger partial charge in [-0.25, -0.2) is 0 Å². The van der Waals surface area contributed by atoms with Gasteiger partial charge in [-0.1, -0.05) is 55.5 Å². The molecule has 0 saturated carbocycles. The molecule has 0 bridgehead atoms. The summed E-state index contributed by atoms with van der Waals surface area (Å²) in [6, 6.07) is 20.9. The third-order valence-corrected chi connectivity index (χ3v) is 3.44. The highest BCUT2D eigenvalue weighted by atomic mass is 16.7. The summed E-state index contributed by atoms with van der Waals surface area (Å²) in [7, 11) is 1.61. The fourth-order valence-electron chi connectivity index (χ4n) is 2.29. The molecule has 2 atom stereocenters. The molecule has 0 amide bonds. The average molecular weight is 297 g/mol. The molecule has 2 aromatic carbocycles. The molecule has 116 valence electrons. The summed E-state index contributed by atoms with van der Waals surface area (Å²) in [5.74, 6) is 0.263. The second-order valence-electron chi connectivity index (χ2n) is 5.16. The van der Waals surface area contributed by atoms with E-state index in [4.69, 9.17) is 9.47 Å². The third kappa shape index (κ3) is 4.93. The van der Waals surface area contributed by atoms with Crippen molar-refractivity contribution in [2.75, 3.05) is 19.2 Å². The lowest BCUT2D eigenvalue weighted by Crippen LogP contribution is -2.17. The van der Waals surface area contributed by atoms with Crippen molar-refractivity contribution in [3.8, 4) is 0 Å². The van der Waals surface area contributed by atoms with Crippen LogP contribution >= 0.6 is 0 Å². The Morgan fingerprint density at radius 1 is 1.00 bits per heavy atom. The first-order valence-corrected chi connectivity index (χ1v) is 7.45. The van der Waals surface area contributed by atoms with Gasteiger partial charge in [-0.15, -0.1) is 0 Å². The molecule has 3 nitrogen and oxygen atoms in total. The fraction of sp³-hybridized carbons (Fsp3) is 0.263. The third-order valence-electron chi connectivity index (χ3n) is 3.44. The zero-order valence-electron chi connectivity index (χ0n) is 13.1. The van der Waals surface area contributed by atoms with Crippen LogP contribution in [0.1, 0.15) is 18.5 Å². The number of hydrogen-bond donors (Lipinski definition) is 1. The second kappa shape index (κ2) is 8.90. The van der Waals surface area contributed by atoms with Gasteiger partial charge in [0.25, 0.3) is 0 Å². The van der Waals surface area contributed by atoms with Gasteiger partial charge in [-0.05, 0) is 23.8 Å². The Labute approximate surface area is 132 Å². The van der Waals surface area contributed by atoms with Crippen LogP contribution in [0.3, 0.4) is 0 Å². The summed E-state index contributed by atoms with van der Waals surface area (Å²) in [5.41, 5.74) is 2.35. The van der Waals surface area contributed by atoms with E-state index in [9.17, 15) is 0 Å². The van der Waals surface area contributed by atoms with E-state index < -0.39 is 0 Å². The number of para-hydroxylation sites is 1. The summed E-state index contributed by atoms with van der Waals surface area (Å²) >= 11 is 0. The van der Waals surface area contributed by atoms with Gasteiger partial charge in [-0.3, -0.25) is 0 Å². The monoisotopic (exact) mass is 297 g/mol. The van der Waals surface area contributed by atoms with E-state index in [0.29, 0.717) is 0 Å². The number of rotatable bonds is 8. The van der Waals surface area contributed by atoms with Crippen molar-refractivity contribution in [3.05, 3.63) is 78.6 Å². The molecule has 0 aliphatic rings. The lowest BCUT2D eigenvalue weighted by atomic mass is 9.94. The molecule has 0 aliphatic carbocycles. The Hall–Kier alpha value is -2.26. The van der Waals surface area contributed by atoms with Crippen molar-refractivity contribution >= 4 is 5.69 Å². The van der Waals surface area contributed by atoms with Gasteiger partial charge in [-0.2, -0.15) is 0 Å². The first-order chi connectivity index (χ1) is 10.8. The molecule has 0 saturated heterocycles. The summed E-state index contributed by atoms with van der Waals surface area (Å²) in [6.07, 6.45) is 3.75. The van der Waals surface area contributed by atoms with Crippen molar-refractivity contribution < 1.29 is 9.47 Å². The molecule has 0 aliphatic heterocycles. The predicted octanol–water partition coefficient (Wildman–Crippen LogP) is 4.61. The molecule has 2 aromatic rings. The van der Waals surface area contributed by atoms with Crippen molar-refractivity contribution in [2.45, 2.75) is 13.0 Å². The number of ether oxygens (including phenoxy) is 2. The summed E-state index contributed by atoms with van der Waals surface area (Å²) in [4.78, 5) is 0. The van der Waals surface area contributed by atoms with Crippen LogP contribution < -0.4 is 5.32 Å². The molecule has 2 unspecified atom stereocenters. The number of anilines is 1. The summed E-state index contributed by atoms with van der Waals surface area (Å²) in [5, 5.41) is 3.60. The van der Waals surface area contributed by atoms with Crippen LogP contribution in [0.15, 0.2) is 73.0 Å². The number of benzene rings is 2. The van der Waals surface area contributed by atoms with E-state index in [1.807, 2.05) is 30.3 Å². The molecule has 0 heterocycles. The zero-order chi connectivity index (χ0) is 15.6. The molecular weight excluding hydrogens is 274 g/mol. The van der Waals surface area contributed by atoms with E-state index in [1.54, 1.807) is 13.4 Å². The van der Waals surface area contributed by atoms with Crippen molar-refractivity contribution in [1.82, 2.24) is 0 Å². The molecule has 0 fully saturated rings. The molecule has 1 N–H and O–H groups in total. The predicted molar refractivity (Wildman–Crippen MR) is 90.5 cm³/mol. The number of methoxy groups -OCH3 is 1. The number of hydrogen-bond acceptors (Lipinski definition) is 3. The minimum atomic E-state index is 0.172. The van der Waals surface area contributed by atoms with Gasteiger partial charge in [0.2, 0.25) is 0 Å². The Morgan fingerprint density at radius 3 is 2.27 bits per heavy atom. The lowest BCUT2D eigenvalue weighted by Gasteiger charge is -2.24. The highest BCUT2D eigenvalue weighted by Crippen LogP contribution is 2.27. The van der Waals surface area contributed by atoms with Crippen molar-refractivity contribution in [2.24, 2.45) is 5.92 Å².